The van der Waals surface area contributed by atoms with Gasteiger partial charge in [-0.3, -0.25) is 9.69 Å². The average molecular weight is 423 g/mol. The van der Waals surface area contributed by atoms with Gasteiger partial charge in [-0.05, 0) is 42.7 Å². The van der Waals surface area contributed by atoms with Gasteiger partial charge in [0.2, 0.25) is 5.95 Å². The van der Waals surface area contributed by atoms with Gasteiger partial charge in [0.1, 0.15) is 12.4 Å². The van der Waals surface area contributed by atoms with E-state index in [4.69, 9.17) is 0 Å². The zero-order valence-corrected chi connectivity index (χ0v) is 18.6. The van der Waals surface area contributed by atoms with E-state index < -0.39 is 18.5 Å². The van der Waals surface area contributed by atoms with Gasteiger partial charge in [0.05, 0.1) is 5.69 Å². The van der Waals surface area contributed by atoms with Crippen LogP contribution >= 0.6 is 0 Å². The summed E-state index contributed by atoms with van der Waals surface area (Å²) in [6, 6.07) is 3.76. The van der Waals surface area contributed by atoms with Crippen LogP contribution in [0.4, 0.5) is 14.5 Å². The molecule has 7 heteroatoms. The lowest BCUT2D eigenvalue weighted by molar-refractivity contribution is 0.0944. The number of nitrogens with one attached hydrogen (secondary N) is 1. The molecule has 2 atom stereocenters. The first-order valence-corrected chi connectivity index (χ1v) is 11.4. The number of carbonyl (C=O) groups is 1. The molecule has 1 saturated heterocycles. The molecule has 1 saturated carbocycles. The quantitative estimate of drug-likeness (QED) is 0.643. The maximum absolute atomic E-state index is 14.6. The second-order valence-corrected chi connectivity index (χ2v) is 9.00. The molecule has 168 valence electrons. The summed E-state index contributed by atoms with van der Waals surface area (Å²) in [5, 5.41) is 2.37. The van der Waals surface area contributed by atoms with Crippen LogP contribution in [0.3, 0.4) is 0 Å². The molecule has 1 N–H and O–H groups in total. The number of anilines is 1. The van der Waals surface area contributed by atoms with E-state index in [0.29, 0.717) is 17.1 Å². The van der Waals surface area contributed by atoms with Gasteiger partial charge in [0, 0.05) is 38.8 Å². The molecule has 2 heterocycles. The summed E-state index contributed by atoms with van der Waals surface area (Å²) in [7, 11) is 0. The fraction of sp³-hybridized carbons (Fsp3) is 0.739. The van der Waals surface area contributed by atoms with E-state index >= 15 is 0 Å². The highest BCUT2D eigenvalue weighted by atomic mass is 19.1. The molecule has 0 bridgehead atoms. The van der Waals surface area contributed by atoms with E-state index in [1.807, 2.05) is 4.90 Å². The Kier molecular flexibility index (Phi) is 7.66. The van der Waals surface area contributed by atoms with Gasteiger partial charge in [0.25, 0.3) is 5.91 Å². The Morgan fingerprint density at radius 1 is 1.20 bits per heavy atom. The maximum Gasteiger partial charge on any atom is 0.270 e. The number of aromatic nitrogens is 1. The van der Waals surface area contributed by atoms with Gasteiger partial charge < -0.3 is 10.2 Å². The van der Waals surface area contributed by atoms with E-state index in [0.717, 1.165) is 32.1 Å². The molecule has 1 aliphatic carbocycles. The van der Waals surface area contributed by atoms with E-state index in [2.05, 4.69) is 36.0 Å². The number of nitrogens with zero attached hydrogens (tertiary/aromatic N) is 3. The Hall–Kier alpha value is -1.76. The molecular weight excluding hydrogens is 386 g/mol. The smallest absolute Gasteiger partial charge is 0.270 e. The number of piperazine rings is 1. The van der Waals surface area contributed by atoms with Crippen LogP contribution in [0.1, 0.15) is 63.4 Å². The summed E-state index contributed by atoms with van der Waals surface area (Å²) in [5.74, 6) is -0.392. The van der Waals surface area contributed by atoms with Crippen molar-refractivity contribution in [3.63, 3.8) is 0 Å². The monoisotopic (exact) mass is 422 g/mol. The fourth-order valence-electron chi connectivity index (χ4n) is 5.12. The molecule has 0 aromatic carbocycles. The van der Waals surface area contributed by atoms with Crippen molar-refractivity contribution in [1.82, 2.24) is 15.2 Å². The second kappa shape index (κ2) is 10.0. The van der Waals surface area contributed by atoms with Gasteiger partial charge in [-0.2, -0.15) is 4.39 Å². The van der Waals surface area contributed by atoms with Crippen LogP contribution in [0.2, 0.25) is 0 Å². The largest absolute Gasteiger partial charge is 0.365 e. The van der Waals surface area contributed by atoms with Gasteiger partial charge in [-0.1, -0.05) is 33.6 Å². The Morgan fingerprint density at radius 3 is 2.50 bits per heavy atom. The fourth-order valence-corrected chi connectivity index (χ4v) is 5.12. The Bertz CT molecular complexity index is 717. The molecular formula is C23H36F2N4O. The van der Waals surface area contributed by atoms with Crippen LogP contribution in [0, 0.1) is 17.3 Å². The predicted octanol–water partition coefficient (Wildman–Crippen LogP) is 4.04. The minimum atomic E-state index is -0.658. The van der Waals surface area contributed by atoms with Crippen molar-refractivity contribution in [3.05, 3.63) is 23.8 Å². The molecule has 2 fully saturated rings. The summed E-state index contributed by atoms with van der Waals surface area (Å²) in [6.45, 7) is 9.67. The standard InChI is InChI=1S/C23H36F2N4O/c1-4-23(3,5-2)17-6-7-18(16-17)28-12-14-29(15-13-28)20-9-8-19(27-21(20)25)22(30)26-11-10-24/h8-9,17-18H,4-7,10-16H2,1-3H3,(H,26,30). The summed E-state index contributed by atoms with van der Waals surface area (Å²) in [5.41, 5.74) is 0.865. The molecule has 2 unspecified atom stereocenters. The van der Waals surface area contributed by atoms with Crippen LogP contribution in [0.25, 0.3) is 0 Å². The maximum atomic E-state index is 14.6. The lowest BCUT2D eigenvalue weighted by atomic mass is 9.72. The summed E-state index contributed by atoms with van der Waals surface area (Å²) in [6.07, 6.45) is 6.33. The van der Waals surface area contributed by atoms with Gasteiger partial charge >= 0.3 is 0 Å². The lowest BCUT2D eigenvalue weighted by Gasteiger charge is -2.40. The third-order valence-electron chi connectivity index (χ3n) is 7.62. The molecule has 0 spiro atoms. The number of halogens is 2. The van der Waals surface area contributed by atoms with Crippen molar-refractivity contribution >= 4 is 11.6 Å². The summed E-state index contributed by atoms with van der Waals surface area (Å²) < 4.78 is 26.8. The molecule has 5 nitrogen and oxygen atoms in total. The highest BCUT2D eigenvalue weighted by molar-refractivity contribution is 5.92. The van der Waals surface area contributed by atoms with E-state index in [1.54, 1.807) is 6.07 Å². The minimum absolute atomic E-state index is 0.0183. The van der Waals surface area contributed by atoms with Crippen molar-refractivity contribution < 1.29 is 13.6 Å². The normalized spacial score (nSPS) is 23.0. The van der Waals surface area contributed by atoms with Crippen molar-refractivity contribution in [2.24, 2.45) is 11.3 Å². The first kappa shape index (κ1) is 22.9. The molecule has 1 aliphatic heterocycles. The Morgan fingerprint density at radius 2 is 1.90 bits per heavy atom. The molecule has 0 radical (unpaired) electrons. The predicted molar refractivity (Wildman–Crippen MR) is 116 cm³/mol. The first-order chi connectivity index (χ1) is 14.4. The van der Waals surface area contributed by atoms with Crippen LogP contribution in [-0.4, -0.2) is 61.2 Å². The van der Waals surface area contributed by atoms with Crippen LogP contribution in [0.5, 0.6) is 0 Å². The number of hydrogen-bond acceptors (Lipinski definition) is 4. The van der Waals surface area contributed by atoms with E-state index in [-0.39, 0.29) is 12.2 Å². The number of carbonyl (C=O) groups excluding carboxylic acids is 1. The third-order valence-corrected chi connectivity index (χ3v) is 7.62. The molecule has 30 heavy (non-hydrogen) atoms. The topological polar surface area (TPSA) is 48.5 Å². The van der Waals surface area contributed by atoms with Crippen molar-refractivity contribution in [2.45, 2.75) is 58.9 Å². The van der Waals surface area contributed by atoms with Gasteiger partial charge in [0.15, 0.2) is 0 Å². The Labute approximate surface area is 179 Å². The Balaban J connectivity index is 1.55. The number of pyridine rings is 1. The summed E-state index contributed by atoms with van der Waals surface area (Å²) in [4.78, 5) is 20.2. The number of hydrogen-bond donors (Lipinski definition) is 1. The molecule has 1 aromatic heterocycles. The zero-order chi connectivity index (χ0) is 21.7. The average Bonchev–Trinajstić information content (AvgIpc) is 3.28. The van der Waals surface area contributed by atoms with Crippen LogP contribution in [0.15, 0.2) is 12.1 Å². The van der Waals surface area contributed by atoms with Crippen molar-refractivity contribution in [2.75, 3.05) is 44.3 Å². The molecule has 3 rings (SSSR count). The van der Waals surface area contributed by atoms with Crippen LogP contribution < -0.4 is 10.2 Å². The first-order valence-electron chi connectivity index (χ1n) is 11.4. The SMILES string of the molecule is CCC(C)(CC)C1CCC(N2CCN(c3ccc(C(=O)NCCF)nc3F)CC2)C1. The van der Waals surface area contributed by atoms with E-state index in [1.165, 1.54) is 38.2 Å². The lowest BCUT2D eigenvalue weighted by Crippen LogP contribution is -2.50. The van der Waals surface area contributed by atoms with Crippen molar-refractivity contribution in [1.29, 1.82) is 0 Å². The number of rotatable bonds is 8. The van der Waals surface area contributed by atoms with Crippen molar-refractivity contribution in [3.8, 4) is 0 Å². The highest BCUT2D eigenvalue weighted by Gasteiger charge is 2.39. The third kappa shape index (κ3) is 4.93. The number of amides is 1. The second-order valence-electron chi connectivity index (χ2n) is 9.00. The highest BCUT2D eigenvalue weighted by Crippen LogP contribution is 2.45. The number of alkyl halides is 1. The van der Waals surface area contributed by atoms with Gasteiger partial charge in [-0.15, -0.1) is 0 Å². The molecule has 2 aliphatic rings. The molecule has 1 amide bonds. The zero-order valence-electron chi connectivity index (χ0n) is 18.6. The minimum Gasteiger partial charge on any atom is -0.365 e. The van der Waals surface area contributed by atoms with Crippen LogP contribution in [-0.2, 0) is 0 Å². The summed E-state index contributed by atoms with van der Waals surface area (Å²) >= 11 is 0. The van der Waals surface area contributed by atoms with E-state index in [9.17, 15) is 13.6 Å². The molecule has 1 aromatic rings. The van der Waals surface area contributed by atoms with Gasteiger partial charge in [-0.25, -0.2) is 9.37 Å².